The molecule has 0 bridgehead atoms. The summed E-state index contributed by atoms with van der Waals surface area (Å²) in [6.45, 7) is 0. The van der Waals surface area contributed by atoms with Crippen LogP contribution < -0.4 is 0 Å². The summed E-state index contributed by atoms with van der Waals surface area (Å²) in [4.78, 5) is 22.2. The normalized spacial score (nSPS) is 12.0. The van der Waals surface area contributed by atoms with Gasteiger partial charge in [0.1, 0.15) is 11.1 Å². The molecule has 0 fully saturated rings. The molecule has 14 aromatic carbocycles. The van der Waals surface area contributed by atoms with Gasteiger partial charge in [0.25, 0.3) is 0 Å². The summed E-state index contributed by atoms with van der Waals surface area (Å²) in [6, 6.07) is 110. The van der Waals surface area contributed by atoms with Gasteiger partial charge in [-0.15, -0.1) is 0 Å². The molecule has 8 heteroatoms. The van der Waals surface area contributed by atoms with Gasteiger partial charge in [0.05, 0.1) is 50.2 Å². The second-order valence-corrected chi connectivity index (χ2v) is 24.4. The summed E-state index contributed by atoms with van der Waals surface area (Å²) in [5.41, 5.74) is 19.5. The smallest absolute Gasteiger partial charge is 0.235 e. The fourth-order valence-electron chi connectivity index (χ4n) is 15.1. The number of rotatable bonds is 8. The Bertz CT molecular complexity index is 6440. The Labute approximate surface area is 537 Å². The molecule has 0 aliphatic carbocycles. The standard InChI is InChI=1S/C86H51N7O/c1-3-23-53(24-4-1)71-51-72(54-25-5-2-6-26-54)88-85(87-71)58-47-59(91-73-37-16-11-30-62(73)63-31-12-17-38-74(63)91)50-60(48-58)92-75-39-18-13-32-64(75)70-49-56(43-45-77(70)92)55-27-21-28-57(46-55)81-69-44-42-52-22-7-8-29-61(52)82(69)90-86(89-81)93-76-40-19-14-35-67(76)79-65-33-9-10-34-66(65)80-68-36-15-20-41-78(68)94-84(80)83(79)93/h1-51H. The van der Waals surface area contributed by atoms with Crippen molar-refractivity contribution in [3.8, 4) is 73.6 Å². The molecule has 20 aromatic rings. The molecule has 0 unspecified atom stereocenters. The number of fused-ring (bicyclic) bond motifs is 19. The molecule has 436 valence electrons. The van der Waals surface area contributed by atoms with Gasteiger partial charge in [0.2, 0.25) is 5.95 Å². The molecule has 0 spiro atoms. The van der Waals surface area contributed by atoms with E-state index in [1.54, 1.807) is 0 Å². The van der Waals surface area contributed by atoms with Crippen molar-refractivity contribution in [1.29, 1.82) is 0 Å². The van der Waals surface area contributed by atoms with Gasteiger partial charge in [-0.05, 0) is 106 Å². The monoisotopic (exact) mass is 1200 g/mol. The van der Waals surface area contributed by atoms with Crippen LogP contribution in [0.4, 0.5) is 0 Å². The Morgan fingerprint density at radius 2 is 0.766 bits per heavy atom. The first kappa shape index (κ1) is 52.0. The number of hydrogen-bond acceptors (Lipinski definition) is 5. The van der Waals surface area contributed by atoms with Crippen LogP contribution in [0.25, 0.3) is 193 Å². The number of aromatic nitrogens is 7. The van der Waals surface area contributed by atoms with Crippen LogP contribution in [0.15, 0.2) is 314 Å². The third-order valence-electron chi connectivity index (χ3n) is 19.2. The molecule has 94 heavy (non-hydrogen) atoms. The maximum absolute atomic E-state index is 7.01. The molecular formula is C86H51N7O. The molecule has 0 aliphatic heterocycles. The van der Waals surface area contributed by atoms with E-state index in [1.807, 2.05) is 18.2 Å². The first-order chi connectivity index (χ1) is 46.6. The maximum Gasteiger partial charge on any atom is 0.235 e. The van der Waals surface area contributed by atoms with E-state index in [4.69, 9.17) is 24.4 Å². The van der Waals surface area contributed by atoms with E-state index in [9.17, 15) is 0 Å². The summed E-state index contributed by atoms with van der Waals surface area (Å²) in [7, 11) is 0. The number of para-hydroxylation sites is 5. The van der Waals surface area contributed by atoms with Crippen LogP contribution in [0.1, 0.15) is 0 Å². The Hall–Kier alpha value is -12.8. The van der Waals surface area contributed by atoms with Crippen LogP contribution in [0.5, 0.6) is 0 Å². The average Bonchev–Trinajstić information content (AvgIpc) is 1.53. The van der Waals surface area contributed by atoms with Gasteiger partial charge in [-0.2, -0.15) is 0 Å². The highest BCUT2D eigenvalue weighted by molar-refractivity contribution is 6.35. The summed E-state index contributed by atoms with van der Waals surface area (Å²) >= 11 is 0. The van der Waals surface area contributed by atoms with Gasteiger partial charge < -0.3 is 13.6 Å². The van der Waals surface area contributed by atoms with Gasteiger partial charge in [-0.25, -0.2) is 19.9 Å². The molecule has 6 heterocycles. The number of furan rings is 1. The van der Waals surface area contributed by atoms with Crippen LogP contribution in [0.2, 0.25) is 0 Å². The molecule has 0 amide bonds. The van der Waals surface area contributed by atoms with Crippen molar-refractivity contribution in [3.63, 3.8) is 0 Å². The van der Waals surface area contributed by atoms with E-state index in [1.165, 1.54) is 10.8 Å². The van der Waals surface area contributed by atoms with Crippen LogP contribution in [-0.4, -0.2) is 33.6 Å². The lowest BCUT2D eigenvalue weighted by Crippen LogP contribution is -2.04. The second kappa shape index (κ2) is 20.4. The van der Waals surface area contributed by atoms with E-state index in [0.29, 0.717) is 11.8 Å². The lowest BCUT2D eigenvalue weighted by molar-refractivity contribution is 0.671. The molecular weight excluding hydrogens is 1150 g/mol. The molecule has 0 aliphatic rings. The van der Waals surface area contributed by atoms with Crippen molar-refractivity contribution in [1.82, 2.24) is 33.6 Å². The van der Waals surface area contributed by atoms with E-state index < -0.39 is 0 Å². The highest BCUT2D eigenvalue weighted by atomic mass is 16.3. The van der Waals surface area contributed by atoms with E-state index in [2.05, 4.69) is 305 Å². The third kappa shape index (κ3) is 7.87. The van der Waals surface area contributed by atoms with Crippen molar-refractivity contribution in [2.75, 3.05) is 0 Å². The Balaban J connectivity index is 0.789. The fourth-order valence-corrected chi connectivity index (χ4v) is 15.1. The van der Waals surface area contributed by atoms with E-state index in [-0.39, 0.29) is 0 Å². The number of nitrogens with zero attached hydrogens (tertiary/aromatic N) is 7. The highest BCUT2D eigenvalue weighted by Gasteiger charge is 2.26. The molecule has 0 saturated carbocycles. The maximum atomic E-state index is 7.01. The summed E-state index contributed by atoms with van der Waals surface area (Å²) in [6.07, 6.45) is 0. The van der Waals surface area contributed by atoms with Gasteiger partial charge >= 0.3 is 0 Å². The third-order valence-corrected chi connectivity index (χ3v) is 19.2. The predicted octanol–water partition coefficient (Wildman–Crippen LogP) is 22.3. The van der Waals surface area contributed by atoms with Crippen LogP contribution in [-0.2, 0) is 0 Å². The molecule has 6 aromatic heterocycles. The molecule has 0 N–H and O–H groups in total. The zero-order valence-electron chi connectivity index (χ0n) is 50.5. The minimum atomic E-state index is 0.569. The molecule has 0 radical (unpaired) electrons. The zero-order valence-corrected chi connectivity index (χ0v) is 50.5. The first-order valence-corrected chi connectivity index (χ1v) is 31.9. The zero-order chi connectivity index (χ0) is 61.5. The summed E-state index contributed by atoms with van der Waals surface area (Å²) < 4.78 is 14.1. The molecule has 20 rings (SSSR count). The SMILES string of the molecule is c1ccc(-c2cc(-c3ccccc3)nc(-c3cc(-n4c5ccccc5c5ccccc54)cc(-n4c5ccccc5c5cc(-c6cccc(-c7nc(-n8c9ccccc9c9c%10ccccc%10c%10c%11ccccc%11oc%10c98)nc8c7ccc7ccccc78)c6)ccc54)c3)n2)cc1. The van der Waals surface area contributed by atoms with E-state index >= 15 is 0 Å². The average molecular weight is 1200 g/mol. The second-order valence-electron chi connectivity index (χ2n) is 24.4. The van der Waals surface area contributed by atoms with Gasteiger partial charge in [0, 0.05) is 87.5 Å². The first-order valence-electron chi connectivity index (χ1n) is 31.9. The van der Waals surface area contributed by atoms with Gasteiger partial charge in [-0.1, -0.05) is 231 Å². The minimum absolute atomic E-state index is 0.569. The predicted molar refractivity (Wildman–Crippen MR) is 388 cm³/mol. The van der Waals surface area contributed by atoms with Crippen molar-refractivity contribution in [2.24, 2.45) is 0 Å². The number of benzene rings is 14. The topological polar surface area (TPSA) is 79.5 Å². The minimum Gasteiger partial charge on any atom is -0.454 e. The number of hydrogen-bond donors (Lipinski definition) is 0. The van der Waals surface area contributed by atoms with Gasteiger partial charge in [-0.3, -0.25) is 4.57 Å². The lowest BCUT2D eigenvalue weighted by Gasteiger charge is -2.16. The Morgan fingerprint density at radius 1 is 0.266 bits per heavy atom. The molecule has 0 saturated heterocycles. The summed E-state index contributed by atoms with van der Waals surface area (Å²) in [5.74, 6) is 1.20. The van der Waals surface area contributed by atoms with Crippen LogP contribution in [0, 0.1) is 0 Å². The fraction of sp³-hybridized carbons (Fsp3) is 0. The lowest BCUT2D eigenvalue weighted by atomic mass is 9.97. The molecule has 0 atom stereocenters. The largest absolute Gasteiger partial charge is 0.454 e. The summed E-state index contributed by atoms with van der Waals surface area (Å²) in [5, 5.41) is 14.5. The quantitative estimate of drug-likeness (QED) is 0.142. The Morgan fingerprint density at radius 3 is 1.43 bits per heavy atom. The van der Waals surface area contributed by atoms with Crippen molar-refractivity contribution in [2.45, 2.75) is 0 Å². The Kier molecular flexibility index (Phi) is 11.3. The highest BCUT2D eigenvalue weighted by Crippen LogP contribution is 2.47. The van der Waals surface area contributed by atoms with Crippen molar-refractivity contribution >= 4 is 120 Å². The van der Waals surface area contributed by atoms with Crippen molar-refractivity contribution in [3.05, 3.63) is 309 Å². The van der Waals surface area contributed by atoms with Crippen molar-refractivity contribution < 1.29 is 4.42 Å². The van der Waals surface area contributed by atoms with E-state index in [0.717, 1.165) is 171 Å². The molecule has 8 nitrogen and oxygen atoms in total. The van der Waals surface area contributed by atoms with Crippen LogP contribution in [0.3, 0.4) is 0 Å². The van der Waals surface area contributed by atoms with Crippen LogP contribution >= 0.6 is 0 Å². The van der Waals surface area contributed by atoms with Gasteiger partial charge in [0.15, 0.2) is 11.4 Å².